The van der Waals surface area contributed by atoms with Gasteiger partial charge in [-0.05, 0) is 13.0 Å². The van der Waals surface area contributed by atoms with Crippen LogP contribution in [-0.4, -0.2) is 38.9 Å². The van der Waals surface area contributed by atoms with Crippen molar-refractivity contribution < 1.29 is 24.1 Å². The Morgan fingerprint density at radius 3 is 2.14 bits per heavy atom. The summed E-state index contributed by atoms with van der Waals surface area (Å²) in [6.07, 6.45) is 0.843. The second-order valence-corrected chi connectivity index (χ2v) is 4.55. The van der Waals surface area contributed by atoms with Crippen molar-refractivity contribution in [3.05, 3.63) is 17.7 Å². The molecule has 0 aliphatic rings. The molecule has 1 aromatic carbocycles. The van der Waals surface area contributed by atoms with Gasteiger partial charge in [-0.15, -0.1) is 0 Å². The van der Waals surface area contributed by atoms with Gasteiger partial charge in [-0.25, -0.2) is 0 Å². The van der Waals surface area contributed by atoms with Crippen molar-refractivity contribution in [2.24, 2.45) is 0 Å². The largest absolute Gasteiger partial charge is 0.496 e. The summed E-state index contributed by atoms with van der Waals surface area (Å²) in [6.45, 7) is 2.73. The summed E-state index contributed by atoms with van der Waals surface area (Å²) in [7, 11) is 4.63. The summed E-state index contributed by atoms with van der Waals surface area (Å²) >= 11 is 0. The van der Waals surface area contributed by atoms with Crippen molar-refractivity contribution in [2.45, 2.75) is 25.8 Å². The molecule has 0 bridgehead atoms. The highest BCUT2D eigenvalue weighted by Gasteiger charge is 2.24. The van der Waals surface area contributed by atoms with E-state index in [1.807, 2.05) is 6.92 Å². The van der Waals surface area contributed by atoms with Crippen molar-refractivity contribution in [2.75, 3.05) is 27.9 Å². The van der Waals surface area contributed by atoms with Crippen LogP contribution in [0.2, 0.25) is 0 Å². The van der Waals surface area contributed by atoms with Crippen molar-refractivity contribution in [1.82, 2.24) is 5.32 Å². The Morgan fingerprint density at radius 2 is 1.76 bits per heavy atom. The Morgan fingerprint density at radius 1 is 1.19 bits per heavy atom. The van der Waals surface area contributed by atoms with Crippen LogP contribution < -0.4 is 19.5 Å². The molecule has 0 aromatic heterocycles. The van der Waals surface area contributed by atoms with Gasteiger partial charge >= 0.3 is 5.97 Å². The number of rotatable bonds is 9. The Balaban J connectivity index is 3.28. The van der Waals surface area contributed by atoms with Crippen LogP contribution in [0, 0.1) is 0 Å². The van der Waals surface area contributed by atoms with E-state index in [1.165, 1.54) is 14.2 Å². The normalized spacial score (nSPS) is 11.8. The monoisotopic (exact) mass is 297 g/mol. The van der Waals surface area contributed by atoms with Crippen molar-refractivity contribution in [3.63, 3.8) is 0 Å². The molecule has 6 heteroatoms. The number of carbonyl (C=O) groups is 1. The molecule has 1 rings (SSSR count). The first-order valence-corrected chi connectivity index (χ1v) is 6.82. The third-order valence-corrected chi connectivity index (χ3v) is 3.12. The maximum atomic E-state index is 11.1. The third-order valence-electron chi connectivity index (χ3n) is 3.12. The van der Waals surface area contributed by atoms with E-state index in [0.29, 0.717) is 29.4 Å². The highest BCUT2D eigenvalue weighted by Crippen LogP contribution is 2.39. The third kappa shape index (κ3) is 4.53. The molecule has 0 aliphatic heterocycles. The molecule has 1 atom stereocenters. The molecule has 1 aromatic rings. The standard InChI is InChI=1S/C15H23NO5/c1-5-6-16-11(9-14(17)18)15-12(20-3)7-10(19-2)8-13(15)21-4/h7-8,11,16H,5-6,9H2,1-4H3,(H,17,18). The number of ether oxygens (including phenoxy) is 3. The van der Waals surface area contributed by atoms with Crippen LogP contribution in [-0.2, 0) is 4.79 Å². The second-order valence-electron chi connectivity index (χ2n) is 4.55. The Kier molecular flexibility index (Phi) is 6.81. The van der Waals surface area contributed by atoms with Gasteiger partial charge in [-0.3, -0.25) is 4.79 Å². The predicted octanol–water partition coefficient (Wildman–Crippen LogP) is 2.23. The molecular weight excluding hydrogens is 274 g/mol. The van der Waals surface area contributed by atoms with Gasteiger partial charge in [0.15, 0.2) is 0 Å². The van der Waals surface area contributed by atoms with Gasteiger partial charge in [0.25, 0.3) is 0 Å². The van der Waals surface area contributed by atoms with E-state index in [1.54, 1.807) is 19.2 Å². The van der Waals surface area contributed by atoms with Gasteiger partial charge in [-0.2, -0.15) is 0 Å². The van der Waals surface area contributed by atoms with Crippen LogP contribution in [0.5, 0.6) is 17.2 Å². The quantitative estimate of drug-likeness (QED) is 0.728. The number of hydrogen-bond donors (Lipinski definition) is 2. The maximum Gasteiger partial charge on any atom is 0.305 e. The number of aliphatic carboxylic acids is 1. The van der Waals surface area contributed by atoms with Crippen LogP contribution in [0.15, 0.2) is 12.1 Å². The van der Waals surface area contributed by atoms with Crippen LogP contribution in [0.4, 0.5) is 0 Å². The Hall–Kier alpha value is -1.95. The first-order valence-electron chi connectivity index (χ1n) is 6.82. The predicted molar refractivity (Wildman–Crippen MR) is 79.4 cm³/mol. The van der Waals surface area contributed by atoms with Gasteiger partial charge in [0, 0.05) is 18.2 Å². The summed E-state index contributed by atoms with van der Waals surface area (Å²) in [5.41, 5.74) is 0.691. The highest BCUT2D eigenvalue weighted by atomic mass is 16.5. The fourth-order valence-corrected chi connectivity index (χ4v) is 2.15. The fourth-order valence-electron chi connectivity index (χ4n) is 2.15. The van der Waals surface area contributed by atoms with E-state index in [4.69, 9.17) is 19.3 Å². The van der Waals surface area contributed by atoms with Gasteiger partial charge < -0.3 is 24.6 Å². The molecule has 0 saturated carbocycles. The van der Waals surface area contributed by atoms with Gasteiger partial charge in [-0.1, -0.05) is 6.92 Å². The lowest BCUT2D eigenvalue weighted by molar-refractivity contribution is -0.137. The molecule has 2 N–H and O–H groups in total. The van der Waals surface area contributed by atoms with Crippen molar-refractivity contribution in [1.29, 1.82) is 0 Å². The highest BCUT2D eigenvalue weighted by molar-refractivity contribution is 5.69. The van der Waals surface area contributed by atoms with Crippen LogP contribution in [0.25, 0.3) is 0 Å². The van der Waals surface area contributed by atoms with E-state index >= 15 is 0 Å². The lowest BCUT2D eigenvalue weighted by Gasteiger charge is -2.23. The number of benzene rings is 1. The van der Waals surface area contributed by atoms with E-state index in [-0.39, 0.29) is 6.42 Å². The number of methoxy groups -OCH3 is 3. The Bertz CT molecular complexity index is 450. The molecule has 0 heterocycles. The zero-order valence-corrected chi connectivity index (χ0v) is 12.9. The van der Waals surface area contributed by atoms with E-state index in [2.05, 4.69) is 5.32 Å². The molecule has 0 aliphatic carbocycles. The van der Waals surface area contributed by atoms with Crippen molar-refractivity contribution >= 4 is 5.97 Å². The van der Waals surface area contributed by atoms with Gasteiger partial charge in [0.05, 0.1) is 33.3 Å². The number of nitrogens with one attached hydrogen (secondary N) is 1. The zero-order valence-electron chi connectivity index (χ0n) is 12.9. The zero-order chi connectivity index (χ0) is 15.8. The smallest absolute Gasteiger partial charge is 0.305 e. The molecule has 0 spiro atoms. The SMILES string of the molecule is CCCNC(CC(=O)O)c1c(OC)cc(OC)cc1OC. The molecule has 21 heavy (non-hydrogen) atoms. The molecule has 0 fully saturated rings. The lowest BCUT2D eigenvalue weighted by Crippen LogP contribution is -2.25. The number of hydrogen-bond acceptors (Lipinski definition) is 5. The van der Waals surface area contributed by atoms with Gasteiger partial charge in [0.1, 0.15) is 17.2 Å². The lowest BCUT2D eigenvalue weighted by atomic mass is 10.0. The molecule has 6 nitrogen and oxygen atoms in total. The maximum absolute atomic E-state index is 11.1. The average Bonchev–Trinajstić information content (AvgIpc) is 2.49. The Labute approximate surface area is 125 Å². The van der Waals surface area contributed by atoms with Crippen LogP contribution in [0.1, 0.15) is 31.4 Å². The summed E-state index contributed by atoms with van der Waals surface area (Å²) in [5, 5.41) is 12.3. The topological polar surface area (TPSA) is 77.0 Å². The summed E-state index contributed by atoms with van der Waals surface area (Å²) < 4.78 is 16.0. The summed E-state index contributed by atoms with van der Waals surface area (Å²) in [6, 6.07) is 3.05. The molecular formula is C15H23NO5. The molecule has 0 amide bonds. The van der Waals surface area contributed by atoms with E-state index in [9.17, 15) is 4.79 Å². The first-order chi connectivity index (χ1) is 10.1. The average molecular weight is 297 g/mol. The second kappa shape index (κ2) is 8.36. The van der Waals surface area contributed by atoms with Crippen LogP contribution >= 0.6 is 0 Å². The molecule has 0 saturated heterocycles. The summed E-state index contributed by atoms with van der Waals surface area (Å²) in [5.74, 6) is 0.794. The number of carboxylic acids is 1. The van der Waals surface area contributed by atoms with Crippen molar-refractivity contribution in [3.8, 4) is 17.2 Å². The minimum absolute atomic E-state index is 0.0565. The van der Waals surface area contributed by atoms with E-state index < -0.39 is 12.0 Å². The molecule has 1 unspecified atom stereocenters. The summed E-state index contributed by atoms with van der Waals surface area (Å²) in [4.78, 5) is 11.1. The molecule has 118 valence electrons. The van der Waals surface area contributed by atoms with Gasteiger partial charge in [0.2, 0.25) is 0 Å². The number of carboxylic acid groups (broad SMARTS) is 1. The van der Waals surface area contributed by atoms with Crippen LogP contribution in [0.3, 0.4) is 0 Å². The molecule has 0 radical (unpaired) electrons. The minimum atomic E-state index is -0.886. The minimum Gasteiger partial charge on any atom is -0.496 e. The van der Waals surface area contributed by atoms with E-state index in [0.717, 1.165) is 6.42 Å². The first kappa shape index (κ1) is 17.1. The fraction of sp³-hybridized carbons (Fsp3) is 0.533.